The van der Waals surface area contributed by atoms with Crippen molar-refractivity contribution in [1.82, 2.24) is 9.97 Å². The van der Waals surface area contributed by atoms with E-state index >= 15 is 0 Å². The first kappa shape index (κ1) is 33.7. The fourth-order valence-electron chi connectivity index (χ4n) is 10.1. The maximum Gasteiger partial charge on any atom is 0.161 e. The summed E-state index contributed by atoms with van der Waals surface area (Å²) in [6.07, 6.45) is 0. The van der Waals surface area contributed by atoms with Crippen LogP contribution in [0.5, 0.6) is 0 Å². The lowest BCUT2D eigenvalue weighted by atomic mass is 9.78. The molecule has 0 amide bonds. The molecule has 0 spiro atoms. The molecule has 0 fully saturated rings. The lowest BCUT2D eigenvalue weighted by Crippen LogP contribution is -2.16. The first-order valence-corrected chi connectivity index (χ1v) is 20.5. The molecule has 2 nitrogen and oxygen atoms in total. The van der Waals surface area contributed by atoms with Crippen LogP contribution in [0.2, 0.25) is 0 Å². The van der Waals surface area contributed by atoms with Crippen LogP contribution in [-0.4, -0.2) is 9.97 Å². The van der Waals surface area contributed by atoms with Gasteiger partial charge in [-0.1, -0.05) is 190 Å². The van der Waals surface area contributed by atoms with Gasteiger partial charge in [-0.3, -0.25) is 0 Å². The first-order valence-electron chi connectivity index (χ1n) is 20.5. The standard InChI is InChI=1S/C57H38N2/c1-57(2)51-32-28-35-15-6-7-18-38(35)54(51)49-26-14-25-47(55(49)57)45-30-31-48(43-23-12-10-22-42(43)45)56-58-52(36-16-4-3-5-17-36)34-53(59-56)37-27-29-46-41-21-9-8-19-39(41)40-20-11-13-24-44(40)50(46)33-37/h3-34H,1-2H3. The van der Waals surface area contributed by atoms with Crippen molar-refractivity contribution in [2.24, 2.45) is 0 Å². The predicted molar refractivity (Wildman–Crippen MR) is 249 cm³/mol. The number of hydrogen-bond donors (Lipinski definition) is 0. The van der Waals surface area contributed by atoms with Crippen LogP contribution < -0.4 is 0 Å². The summed E-state index contributed by atoms with van der Waals surface area (Å²) in [5.74, 6) is 0.713. The molecular formula is C57H38N2. The molecule has 276 valence electrons. The van der Waals surface area contributed by atoms with E-state index in [0.717, 1.165) is 33.5 Å². The summed E-state index contributed by atoms with van der Waals surface area (Å²) in [7, 11) is 0. The lowest BCUT2D eigenvalue weighted by molar-refractivity contribution is 0.662. The number of nitrogens with zero attached hydrogens (tertiary/aromatic N) is 2. The average molecular weight is 751 g/mol. The van der Waals surface area contributed by atoms with Gasteiger partial charge in [0.15, 0.2) is 5.82 Å². The zero-order chi connectivity index (χ0) is 39.2. The van der Waals surface area contributed by atoms with Gasteiger partial charge in [0.25, 0.3) is 0 Å². The largest absolute Gasteiger partial charge is 0.228 e. The molecule has 0 saturated carbocycles. The van der Waals surface area contributed by atoms with E-state index in [2.05, 4.69) is 208 Å². The fourth-order valence-corrected chi connectivity index (χ4v) is 10.1. The smallest absolute Gasteiger partial charge is 0.161 e. The Morgan fingerprint density at radius 2 is 0.881 bits per heavy atom. The fraction of sp³-hybridized carbons (Fsp3) is 0.0526. The molecule has 0 radical (unpaired) electrons. The minimum Gasteiger partial charge on any atom is -0.228 e. The van der Waals surface area contributed by atoms with Crippen molar-refractivity contribution in [3.8, 4) is 56.2 Å². The molecular weight excluding hydrogens is 713 g/mol. The van der Waals surface area contributed by atoms with Gasteiger partial charge in [0.05, 0.1) is 11.4 Å². The Kier molecular flexibility index (Phi) is 7.31. The van der Waals surface area contributed by atoms with Crippen LogP contribution in [0.1, 0.15) is 25.0 Å². The third-order valence-electron chi connectivity index (χ3n) is 12.9. The molecule has 0 saturated heterocycles. The Balaban J connectivity index is 1.06. The third kappa shape index (κ3) is 5.06. The van der Waals surface area contributed by atoms with Crippen LogP contribution in [-0.2, 0) is 5.41 Å². The monoisotopic (exact) mass is 750 g/mol. The van der Waals surface area contributed by atoms with Gasteiger partial charge in [-0.15, -0.1) is 0 Å². The highest BCUT2D eigenvalue weighted by Crippen LogP contribution is 2.55. The molecule has 0 aliphatic heterocycles. The molecule has 11 aromatic rings. The molecule has 1 aliphatic rings. The van der Waals surface area contributed by atoms with E-state index in [1.54, 1.807) is 0 Å². The number of rotatable bonds is 4. The van der Waals surface area contributed by atoms with Gasteiger partial charge in [0, 0.05) is 22.1 Å². The summed E-state index contributed by atoms with van der Waals surface area (Å²) in [5, 5.41) is 12.4. The number of aromatic nitrogens is 2. The topological polar surface area (TPSA) is 25.8 Å². The molecule has 2 heteroatoms. The maximum atomic E-state index is 5.43. The van der Waals surface area contributed by atoms with Crippen molar-refractivity contribution in [2.45, 2.75) is 19.3 Å². The summed E-state index contributed by atoms with van der Waals surface area (Å²) in [5.41, 5.74) is 12.7. The average Bonchev–Trinajstić information content (AvgIpc) is 3.55. The van der Waals surface area contributed by atoms with Crippen molar-refractivity contribution in [3.63, 3.8) is 0 Å². The Hall–Kier alpha value is -7.42. The molecule has 0 N–H and O–H groups in total. The Labute approximate surface area is 343 Å². The number of fused-ring (bicyclic) bond motifs is 12. The Morgan fingerprint density at radius 1 is 0.339 bits per heavy atom. The quantitative estimate of drug-likeness (QED) is 0.167. The third-order valence-corrected chi connectivity index (χ3v) is 12.9. The summed E-state index contributed by atoms with van der Waals surface area (Å²) >= 11 is 0. The zero-order valence-electron chi connectivity index (χ0n) is 32.9. The van der Waals surface area contributed by atoms with Gasteiger partial charge < -0.3 is 0 Å². The highest BCUT2D eigenvalue weighted by Gasteiger charge is 2.38. The number of hydrogen-bond acceptors (Lipinski definition) is 2. The van der Waals surface area contributed by atoms with E-state index in [0.29, 0.717) is 5.82 Å². The molecule has 0 unspecified atom stereocenters. The molecule has 1 aromatic heterocycles. The van der Waals surface area contributed by atoms with Crippen molar-refractivity contribution < 1.29 is 0 Å². The van der Waals surface area contributed by atoms with Crippen LogP contribution in [0.3, 0.4) is 0 Å². The molecule has 59 heavy (non-hydrogen) atoms. The highest BCUT2D eigenvalue weighted by molar-refractivity contribution is 6.25. The molecule has 0 bridgehead atoms. The second-order valence-corrected chi connectivity index (χ2v) is 16.4. The highest BCUT2D eigenvalue weighted by atomic mass is 14.9. The van der Waals surface area contributed by atoms with E-state index in [1.807, 2.05) is 0 Å². The van der Waals surface area contributed by atoms with Crippen LogP contribution in [0.15, 0.2) is 194 Å². The van der Waals surface area contributed by atoms with Crippen LogP contribution in [0, 0.1) is 0 Å². The summed E-state index contributed by atoms with van der Waals surface area (Å²) in [6.45, 7) is 4.77. The second kappa shape index (κ2) is 12.8. The van der Waals surface area contributed by atoms with Gasteiger partial charge >= 0.3 is 0 Å². The molecule has 1 heterocycles. The van der Waals surface area contributed by atoms with Crippen molar-refractivity contribution >= 4 is 53.9 Å². The lowest BCUT2D eigenvalue weighted by Gasteiger charge is -2.25. The van der Waals surface area contributed by atoms with E-state index in [1.165, 1.54) is 81.9 Å². The van der Waals surface area contributed by atoms with Crippen molar-refractivity contribution in [2.75, 3.05) is 0 Å². The van der Waals surface area contributed by atoms with E-state index in [4.69, 9.17) is 9.97 Å². The Morgan fingerprint density at radius 3 is 1.59 bits per heavy atom. The zero-order valence-corrected chi connectivity index (χ0v) is 32.9. The summed E-state index contributed by atoms with van der Waals surface area (Å²) < 4.78 is 0. The Bertz CT molecular complexity index is 3490. The second-order valence-electron chi connectivity index (χ2n) is 16.4. The van der Waals surface area contributed by atoms with Gasteiger partial charge in [-0.2, -0.15) is 0 Å². The summed E-state index contributed by atoms with van der Waals surface area (Å²) in [6, 6.07) is 70.6. The minimum atomic E-state index is -0.176. The van der Waals surface area contributed by atoms with Crippen molar-refractivity contribution in [1.29, 1.82) is 0 Å². The van der Waals surface area contributed by atoms with Gasteiger partial charge in [0.2, 0.25) is 0 Å². The summed E-state index contributed by atoms with van der Waals surface area (Å²) in [4.78, 5) is 10.8. The van der Waals surface area contributed by atoms with E-state index < -0.39 is 0 Å². The van der Waals surface area contributed by atoms with Gasteiger partial charge in [-0.25, -0.2) is 9.97 Å². The van der Waals surface area contributed by atoms with Crippen LogP contribution >= 0.6 is 0 Å². The van der Waals surface area contributed by atoms with Crippen molar-refractivity contribution in [3.05, 3.63) is 205 Å². The number of benzene rings is 10. The SMILES string of the molecule is CC1(C)c2ccc3ccccc3c2-c2cccc(-c3ccc(-c4nc(-c5ccccc5)cc(-c5ccc6c7ccccc7c7ccccc7c6c5)n4)c4ccccc34)c21. The predicted octanol–water partition coefficient (Wildman–Crippen LogP) is 15.2. The molecule has 10 aromatic carbocycles. The van der Waals surface area contributed by atoms with E-state index in [9.17, 15) is 0 Å². The first-order chi connectivity index (χ1) is 29.0. The van der Waals surface area contributed by atoms with Gasteiger partial charge in [-0.05, 0) is 105 Å². The molecule has 0 atom stereocenters. The molecule has 1 aliphatic carbocycles. The van der Waals surface area contributed by atoms with Crippen LogP contribution in [0.4, 0.5) is 0 Å². The molecule has 12 rings (SSSR count). The van der Waals surface area contributed by atoms with Crippen LogP contribution in [0.25, 0.3) is 110 Å². The minimum absolute atomic E-state index is 0.176. The van der Waals surface area contributed by atoms with E-state index in [-0.39, 0.29) is 5.41 Å². The van der Waals surface area contributed by atoms with Gasteiger partial charge in [0.1, 0.15) is 0 Å². The maximum absolute atomic E-state index is 5.43. The normalized spacial score (nSPS) is 13.1.